The fourth-order valence-corrected chi connectivity index (χ4v) is 2.93. The number of anilines is 1. The molecule has 1 N–H and O–H groups in total. The Bertz CT molecular complexity index is 700. The van der Waals surface area contributed by atoms with Crippen LogP contribution in [0.2, 0.25) is 0 Å². The maximum Gasteiger partial charge on any atom is 0.256 e. The van der Waals surface area contributed by atoms with Gasteiger partial charge < -0.3 is 14.8 Å². The molecule has 2 aromatic rings. The summed E-state index contributed by atoms with van der Waals surface area (Å²) in [6.45, 7) is 7.21. The summed E-state index contributed by atoms with van der Waals surface area (Å²) in [4.78, 5) is 12.9. The van der Waals surface area contributed by atoms with Crippen LogP contribution in [0.3, 0.4) is 0 Å². The third-order valence-electron chi connectivity index (χ3n) is 4.72. The molecule has 0 fully saturated rings. The van der Waals surface area contributed by atoms with Gasteiger partial charge in [0.2, 0.25) is 0 Å². The lowest BCUT2D eigenvalue weighted by Crippen LogP contribution is -2.43. The molecule has 0 aliphatic rings. The van der Waals surface area contributed by atoms with Crippen molar-refractivity contribution in [1.82, 2.24) is 0 Å². The lowest BCUT2D eigenvalue weighted by Gasteiger charge is -2.28. The smallest absolute Gasteiger partial charge is 0.256 e. The van der Waals surface area contributed by atoms with E-state index in [0.29, 0.717) is 13.2 Å². The van der Waals surface area contributed by atoms with E-state index < -0.39 is 5.60 Å². The first-order valence-electron chi connectivity index (χ1n) is 10.3. The van der Waals surface area contributed by atoms with Gasteiger partial charge >= 0.3 is 0 Å². The minimum Gasteiger partial charge on any atom is -0.489 e. The fraction of sp³-hybridized carbons (Fsp3) is 0.458. The standard InChI is InChI=1S/C24H33NO3/c1-4-6-10-17-24(3,28-18-5-2)23(26)25-21-13-15-22(16-14-21)27-19-20-11-8-7-9-12-20/h7-9,11-16H,4-6,10,17-19H2,1-3H3,(H,25,26)/t24-/m1/s1. The number of ether oxygens (including phenoxy) is 2. The second kappa shape index (κ2) is 11.5. The maximum absolute atomic E-state index is 12.9. The van der Waals surface area contributed by atoms with Gasteiger partial charge in [0.05, 0.1) is 0 Å². The molecule has 0 radical (unpaired) electrons. The molecule has 0 aromatic heterocycles. The van der Waals surface area contributed by atoms with Gasteiger partial charge in [0.15, 0.2) is 0 Å². The van der Waals surface area contributed by atoms with Crippen LogP contribution < -0.4 is 10.1 Å². The molecule has 1 atom stereocenters. The number of amides is 1. The Morgan fingerprint density at radius 1 is 0.964 bits per heavy atom. The summed E-state index contributed by atoms with van der Waals surface area (Å²) >= 11 is 0. The molecule has 4 nitrogen and oxygen atoms in total. The van der Waals surface area contributed by atoms with Crippen LogP contribution in [0.5, 0.6) is 5.75 Å². The van der Waals surface area contributed by atoms with Crippen molar-refractivity contribution in [2.75, 3.05) is 11.9 Å². The lowest BCUT2D eigenvalue weighted by atomic mass is 9.96. The molecule has 1 amide bonds. The van der Waals surface area contributed by atoms with Crippen LogP contribution in [-0.4, -0.2) is 18.1 Å². The van der Waals surface area contributed by atoms with Crippen molar-refractivity contribution in [3.05, 3.63) is 60.2 Å². The van der Waals surface area contributed by atoms with Gasteiger partial charge in [-0.15, -0.1) is 0 Å². The quantitative estimate of drug-likeness (QED) is 0.459. The van der Waals surface area contributed by atoms with E-state index in [-0.39, 0.29) is 5.91 Å². The van der Waals surface area contributed by atoms with Gasteiger partial charge in [0, 0.05) is 12.3 Å². The van der Waals surface area contributed by atoms with E-state index in [9.17, 15) is 4.79 Å². The lowest BCUT2D eigenvalue weighted by molar-refractivity contribution is -0.140. The molecule has 0 spiro atoms. The summed E-state index contributed by atoms with van der Waals surface area (Å²) in [5, 5.41) is 3.00. The Morgan fingerprint density at radius 2 is 1.68 bits per heavy atom. The Balaban J connectivity index is 1.93. The number of hydrogen-bond acceptors (Lipinski definition) is 3. The molecule has 28 heavy (non-hydrogen) atoms. The summed E-state index contributed by atoms with van der Waals surface area (Å²) in [7, 11) is 0. The minimum absolute atomic E-state index is 0.0880. The molecule has 2 aromatic carbocycles. The topological polar surface area (TPSA) is 47.6 Å². The van der Waals surface area contributed by atoms with Crippen molar-refractivity contribution in [1.29, 1.82) is 0 Å². The second-order valence-corrected chi connectivity index (χ2v) is 7.29. The number of carbonyl (C=O) groups is 1. The van der Waals surface area contributed by atoms with Crippen LogP contribution in [0, 0.1) is 0 Å². The monoisotopic (exact) mass is 383 g/mol. The number of nitrogens with one attached hydrogen (secondary N) is 1. The van der Waals surface area contributed by atoms with E-state index in [4.69, 9.17) is 9.47 Å². The van der Waals surface area contributed by atoms with Gasteiger partial charge in [-0.2, -0.15) is 0 Å². The Kier molecular flexibility index (Phi) is 9.02. The number of rotatable bonds is 12. The molecule has 0 bridgehead atoms. The van der Waals surface area contributed by atoms with E-state index in [1.807, 2.05) is 61.5 Å². The SMILES string of the molecule is CCCCC[C@@](C)(OCCC)C(=O)Nc1ccc(OCc2ccccc2)cc1. The Labute approximate surface area is 169 Å². The van der Waals surface area contributed by atoms with Gasteiger partial charge in [0.25, 0.3) is 5.91 Å². The zero-order valence-corrected chi connectivity index (χ0v) is 17.4. The van der Waals surface area contributed by atoms with Crippen molar-refractivity contribution in [3.8, 4) is 5.75 Å². The molecule has 4 heteroatoms. The minimum atomic E-state index is -0.798. The van der Waals surface area contributed by atoms with Crippen LogP contribution in [0.15, 0.2) is 54.6 Å². The summed E-state index contributed by atoms with van der Waals surface area (Å²) < 4.78 is 11.7. The Hall–Kier alpha value is -2.33. The zero-order chi connectivity index (χ0) is 20.2. The maximum atomic E-state index is 12.9. The van der Waals surface area contributed by atoms with Crippen molar-refractivity contribution in [2.24, 2.45) is 0 Å². The molecule has 0 aliphatic heterocycles. The average Bonchev–Trinajstić information content (AvgIpc) is 2.72. The molecule has 0 saturated heterocycles. The van der Waals surface area contributed by atoms with Gasteiger partial charge in [-0.05, 0) is 49.6 Å². The predicted molar refractivity (Wildman–Crippen MR) is 115 cm³/mol. The molecule has 0 aliphatic carbocycles. The number of benzene rings is 2. The van der Waals surface area contributed by atoms with E-state index in [1.54, 1.807) is 0 Å². The number of unbranched alkanes of at least 4 members (excludes halogenated alkanes) is 2. The van der Waals surface area contributed by atoms with Crippen molar-refractivity contribution >= 4 is 11.6 Å². The van der Waals surface area contributed by atoms with Crippen LogP contribution in [0.4, 0.5) is 5.69 Å². The van der Waals surface area contributed by atoms with E-state index in [2.05, 4.69) is 19.2 Å². The van der Waals surface area contributed by atoms with Crippen molar-refractivity contribution < 1.29 is 14.3 Å². The van der Waals surface area contributed by atoms with Crippen LogP contribution in [0.1, 0.15) is 58.4 Å². The van der Waals surface area contributed by atoms with Gasteiger partial charge in [-0.1, -0.05) is 63.4 Å². The van der Waals surface area contributed by atoms with E-state index in [1.165, 1.54) is 0 Å². The van der Waals surface area contributed by atoms with Gasteiger partial charge in [-0.25, -0.2) is 0 Å². The van der Waals surface area contributed by atoms with E-state index >= 15 is 0 Å². The summed E-state index contributed by atoms with van der Waals surface area (Å²) in [6, 6.07) is 17.5. The largest absolute Gasteiger partial charge is 0.489 e. The highest BCUT2D eigenvalue weighted by molar-refractivity contribution is 5.97. The normalized spacial score (nSPS) is 13.0. The Morgan fingerprint density at radius 3 is 2.32 bits per heavy atom. The summed E-state index contributed by atoms with van der Waals surface area (Å²) in [5.74, 6) is 0.685. The molecular weight excluding hydrogens is 350 g/mol. The van der Waals surface area contributed by atoms with Crippen molar-refractivity contribution in [3.63, 3.8) is 0 Å². The highest BCUT2D eigenvalue weighted by Crippen LogP contribution is 2.24. The highest BCUT2D eigenvalue weighted by Gasteiger charge is 2.33. The third-order valence-corrected chi connectivity index (χ3v) is 4.72. The second-order valence-electron chi connectivity index (χ2n) is 7.29. The summed E-state index contributed by atoms with van der Waals surface area (Å²) in [5.41, 5.74) is 1.07. The van der Waals surface area contributed by atoms with Gasteiger partial charge in [0.1, 0.15) is 18.0 Å². The van der Waals surface area contributed by atoms with Crippen LogP contribution >= 0.6 is 0 Å². The molecule has 0 heterocycles. The average molecular weight is 384 g/mol. The van der Waals surface area contributed by atoms with Crippen LogP contribution in [-0.2, 0) is 16.1 Å². The summed E-state index contributed by atoms with van der Waals surface area (Å²) in [6.07, 6.45) is 4.83. The van der Waals surface area contributed by atoms with Crippen LogP contribution in [0.25, 0.3) is 0 Å². The molecule has 0 saturated carbocycles. The number of hydrogen-bond donors (Lipinski definition) is 1. The van der Waals surface area contributed by atoms with E-state index in [0.717, 1.165) is 49.1 Å². The first kappa shape index (κ1) is 22.0. The fourth-order valence-electron chi connectivity index (χ4n) is 2.93. The predicted octanol–water partition coefficient (Wildman–Crippen LogP) is 5.97. The first-order valence-corrected chi connectivity index (χ1v) is 10.3. The molecule has 0 unspecified atom stereocenters. The molecular formula is C24H33NO3. The first-order chi connectivity index (χ1) is 13.6. The van der Waals surface area contributed by atoms with Crippen molar-refractivity contribution in [2.45, 2.75) is 65.1 Å². The molecule has 2 rings (SSSR count). The van der Waals surface area contributed by atoms with Gasteiger partial charge in [-0.3, -0.25) is 4.79 Å². The zero-order valence-electron chi connectivity index (χ0n) is 17.4. The third kappa shape index (κ3) is 7.01. The molecule has 152 valence electrons. The highest BCUT2D eigenvalue weighted by atomic mass is 16.5. The number of carbonyl (C=O) groups excluding carboxylic acids is 1.